The number of hydrogen-bond acceptors (Lipinski definition) is 3. The Morgan fingerprint density at radius 3 is 2.20 bits per heavy atom. The van der Waals surface area contributed by atoms with Crippen molar-refractivity contribution in [2.75, 3.05) is 26.2 Å². The van der Waals surface area contributed by atoms with Crippen LogP contribution in [0.2, 0.25) is 0 Å². The summed E-state index contributed by atoms with van der Waals surface area (Å²) < 4.78 is 0. The van der Waals surface area contributed by atoms with Gasteiger partial charge in [-0.25, -0.2) is 0 Å². The van der Waals surface area contributed by atoms with Crippen molar-refractivity contribution in [3.8, 4) is 0 Å². The topological polar surface area (TPSA) is 49.5 Å². The van der Waals surface area contributed by atoms with Crippen molar-refractivity contribution < 1.29 is 5.11 Å². The average molecular weight is 216 g/mol. The summed E-state index contributed by atoms with van der Waals surface area (Å²) in [5.74, 6) is 0. The van der Waals surface area contributed by atoms with Gasteiger partial charge in [0.15, 0.2) is 0 Å². The smallest absolute Gasteiger partial charge is 0.0558 e. The van der Waals surface area contributed by atoms with Gasteiger partial charge in [-0.15, -0.1) is 0 Å². The Labute approximate surface area is 94.6 Å². The van der Waals surface area contributed by atoms with Gasteiger partial charge in [0.25, 0.3) is 0 Å². The first kappa shape index (κ1) is 14.9. The van der Waals surface area contributed by atoms with Gasteiger partial charge in [-0.1, -0.05) is 34.1 Å². The van der Waals surface area contributed by atoms with E-state index in [9.17, 15) is 0 Å². The van der Waals surface area contributed by atoms with Crippen molar-refractivity contribution in [3.05, 3.63) is 0 Å². The first-order chi connectivity index (χ1) is 6.97. The maximum absolute atomic E-state index is 9.06. The molecule has 0 aliphatic carbocycles. The van der Waals surface area contributed by atoms with Gasteiger partial charge in [-0.05, 0) is 18.4 Å². The Kier molecular flexibility index (Phi) is 7.14. The molecule has 0 aromatic carbocycles. The van der Waals surface area contributed by atoms with Crippen LogP contribution in [0, 0.1) is 5.41 Å². The molecule has 0 rings (SSSR count). The molecule has 0 fully saturated rings. The van der Waals surface area contributed by atoms with Crippen LogP contribution in [-0.2, 0) is 0 Å². The number of rotatable bonds is 7. The van der Waals surface area contributed by atoms with Crippen LogP contribution in [0.25, 0.3) is 0 Å². The van der Waals surface area contributed by atoms with E-state index in [4.69, 9.17) is 10.8 Å². The summed E-state index contributed by atoms with van der Waals surface area (Å²) in [6.45, 7) is 11.5. The van der Waals surface area contributed by atoms with Gasteiger partial charge in [0.05, 0.1) is 6.61 Å². The zero-order valence-electron chi connectivity index (χ0n) is 10.8. The third kappa shape index (κ3) is 5.50. The minimum Gasteiger partial charge on any atom is -0.395 e. The fourth-order valence-corrected chi connectivity index (χ4v) is 1.96. The molecule has 0 bridgehead atoms. The molecule has 0 aliphatic rings. The molecule has 0 aromatic heterocycles. The minimum absolute atomic E-state index is 0.178. The molecule has 0 saturated carbocycles. The van der Waals surface area contributed by atoms with E-state index in [0.29, 0.717) is 12.6 Å². The third-order valence-electron chi connectivity index (χ3n) is 2.85. The quantitative estimate of drug-likeness (QED) is 0.677. The summed E-state index contributed by atoms with van der Waals surface area (Å²) in [6.07, 6.45) is 2.36. The maximum Gasteiger partial charge on any atom is 0.0558 e. The van der Waals surface area contributed by atoms with E-state index in [-0.39, 0.29) is 12.0 Å². The molecule has 0 aromatic rings. The monoisotopic (exact) mass is 216 g/mol. The first-order valence-electron chi connectivity index (χ1n) is 6.02. The lowest BCUT2D eigenvalue weighted by Crippen LogP contribution is -2.50. The summed E-state index contributed by atoms with van der Waals surface area (Å²) in [5.41, 5.74) is 6.02. The molecular weight excluding hydrogens is 188 g/mol. The van der Waals surface area contributed by atoms with Gasteiger partial charge in [0.2, 0.25) is 0 Å². The van der Waals surface area contributed by atoms with Gasteiger partial charge in [-0.3, -0.25) is 4.90 Å². The molecule has 3 N–H and O–H groups in total. The number of hydrogen-bond donors (Lipinski definition) is 2. The molecule has 3 heteroatoms. The van der Waals surface area contributed by atoms with Crippen LogP contribution < -0.4 is 5.73 Å². The number of nitrogens with zero attached hydrogens (tertiary/aromatic N) is 1. The lowest BCUT2D eigenvalue weighted by molar-refractivity contribution is 0.0831. The molecular formula is C12H28N2O. The second-order valence-corrected chi connectivity index (χ2v) is 5.23. The highest BCUT2D eigenvalue weighted by Gasteiger charge is 2.28. The molecule has 0 spiro atoms. The Balaban J connectivity index is 4.40. The molecule has 0 heterocycles. The second kappa shape index (κ2) is 7.20. The summed E-state index contributed by atoms with van der Waals surface area (Å²) >= 11 is 0. The minimum atomic E-state index is 0.178. The van der Waals surface area contributed by atoms with E-state index in [0.717, 1.165) is 13.1 Å². The Hall–Kier alpha value is -0.120. The first-order valence-corrected chi connectivity index (χ1v) is 6.02. The number of unbranched alkanes of at least 4 members (excludes halogenated alkanes) is 1. The van der Waals surface area contributed by atoms with E-state index in [1.165, 1.54) is 12.8 Å². The van der Waals surface area contributed by atoms with Crippen LogP contribution in [0.4, 0.5) is 0 Å². The largest absolute Gasteiger partial charge is 0.395 e. The molecule has 0 aliphatic heterocycles. The summed E-state index contributed by atoms with van der Waals surface area (Å²) in [5, 5.41) is 9.06. The second-order valence-electron chi connectivity index (χ2n) is 5.23. The van der Waals surface area contributed by atoms with Gasteiger partial charge < -0.3 is 10.8 Å². The van der Waals surface area contributed by atoms with Crippen molar-refractivity contribution in [2.24, 2.45) is 11.1 Å². The fraction of sp³-hybridized carbons (Fsp3) is 1.00. The van der Waals surface area contributed by atoms with E-state index < -0.39 is 0 Å². The number of nitrogens with two attached hydrogens (primary N) is 1. The predicted octanol–water partition coefficient (Wildman–Crippen LogP) is 1.45. The van der Waals surface area contributed by atoms with Crippen molar-refractivity contribution in [2.45, 2.75) is 46.6 Å². The Morgan fingerprint density at radius 2 is 1.87 bits per heavy atom. The lowest BCUT2D eigenvalue weighted by atomic mass is 9.85. The van der Waals surface area contributed by atoms with Gasteiger partial charge >= 0.3 is 0 Å². The molecule has 3 nitrogen and oxygen atoms in total. The van der Waals surface area contributed by atoms with Gasteiger partial charge in [0.1, 0.15) is 0 Å². The summed E-state index contributed by atoms with van der Waals surface area (Å²) in [6, 6.07) is 0.358. The average Bonchev–Trinajstić information content (AvgIpc) is 2.13. The van der Waals surface area contributed by atoms with Gasteiger partial charge in [-0.2, -0.15) is 0 Å². The molecule has 1 atom stereocenters. The van der Waals surface area contributed by atoms with Crippen LogP contribution in [0.5, 0.6) is 0 Å². The normalized spacial score (nSPS) is 14.6. The molecule has 1 unspecified atom stereocenters. The van der Waals surface area contributed by atoms with Crippen molar-refractivity contribution in [3.63, 3.8) is 0 Å². The summed E-state index contributed by atoms with van der Waals surface area (Å²) in [4.78, 5) is 2.32. The zero-order chi connectivity index (χ0) is 11.9. The highest BCUT2D eigenvalue weighted by molar-refractivity contribution is 4.83. The summed E-state index contributed by atoms with van der Waals surface area (Å²) in [7, 11) is 0. The van der Waals surface area contributed by atoms with E-state index in [1.807, 2.05) is 0 Å². The predicted molar refractivity (Wildman–Crippen MR) is 65.9 cm³/mol. The molecule has 0 saturated heterocycles. The van der Waals surface area contributed by atoms with Crippen LogP contribution in [-0.4, -0.2) is 42.3 Å². The van der Waals surface area contributed by atoms with Crippen LogP contribution in [0.3, 0.4) is 0 Å². The van der Waals surface area contributed by atoms with Crippen LogP contribution >= 0.6 is 0 Å². The zero-order valence-corrected chi connectivity index (χ0v) is 10.8. The third-order valence-corrected chi connectivity index (χ3v) is 2.85. The van der Waals surface area contributed by atoms with Crippen molar-refractivity contribution in [1.82, 2.24) is 4.90 Å². The standard InChI is InChI=1S/C12H28N2O/c1-5-6-7-14(8-9-15)11(10-13)12(2,3)4/h11,15H,5-10,13H2,1-4H3. The lowest BCUT2D eigenvalue weighted by Gasteiger charge is -2.39. The van der Waals surface area contributed by atoms with Crippen molar-refractivity contribution in [1.29, 1.82) is 0 Å². The highest BCUT2D eigenvalue weighted by Crippen LogP contribution is 2.23. The maximum atomic E-state index is 9.06. The SMILES string of the molecule is CCCCN(CCO)C(CN)C(C)(C)C. The van der Waals surface area contributed by atoms with Gasteiger partial charge in [0, 0.05) is 19.1 Å². The Morgan fingerprint density at radius 1 is 1.27 bits per heavy atom. The fourth-order valence-electron chi connectivity index (χ4n) is 1.96. The molecule has 0 amide bonds. The van der Waals surface area contributed by atoms with Crippen LogP contribution in [0.1, 0.15) is 40.5 Å². The van der Waals surface area contributed by atoms with E-state index in [1.54, 1.807) is 0 Å². The van der Waals surface area contributed by atoms with Crippen molar-refractivity contribution >= 4 is 0 Å². The number of aliphatic hydroxyl groups is 1. The highest BCUT2D eigenvalue weighted by atomic mass is 16.3. The number of aliphatic hydroxyl groups excluding tert-OH is 1. The molecule has 0 radical (unpaired) electrons. The Bertz CT molecular complexity index is 154. The molecule has 92 valence electrons. The van der Waals surface area contributed by atoms with E-state index in [2.05, 4.69) is 32.6 Å². The van der Waals surface area contributed by atoms with E-state index >= 15 is 0 Å². The molecule has 15 heavy (non-hydrogen) atoms. The van der Waals surface area contributed by atoms with Crippen LogP contribution in [0.15, 0.2) is 0 Å².